The van der Waals surface area contributed by atoms with Gasteiger partial charge in [-0.1, -0.05) is 6.07 Å². The number of nitrogens with one attached hydrogen (secondary N) is 1. The van der Waals surface area contributed by atoms with Crippen molar-refractivity contribution in [1.29, 1.82) is 0 Å². The Morgan fingerprint density at radius 1 is 1.12 bits per heavy atom. The lowest BCUT2D eigenvalue weighted by molar-refractivity contribution is -0.137. The second-order valence-corrected chi connectivity index (χ2v) is 13.1. The molecule has 8 rings (SSSR count). The zero-order chi connectivity index (χ0) is 36.6. The van der Waals surface area contributed by atoms with Crippen molar-refractivity contribution >= 4 is 51.3 Å². The van der Waals surface area contributed by atoms with Gasteiger partial charge in [-0.15, -0.1) is 5.10 Å². The highest BCUT2D eigenvalue weighted by molar-refractivity contribution is 6.28. The van der Waals surface area contributed by atoms with Crippen molar-refractivity contribution < 1.29 is 36.3 Å². The summed E-state index contributed by atoms with van der Waals surface area (Å²) < 4.78 is 84.9. The number of likely N-dealkylation sites (N-methyl/N-ethyl adjacent to an activating group) is 1. The van der Waals surface area contributed by atoms with Crippen LogP contribution in [0, 0.1) is 11.6 Å². The van der Waals surface area contributed by atoms with Gasteiger partial charge >= 0.3 is 12.2 Å². The summed E-state index contributed by atoms with van der Waals surface area (Å²) in [6.45, 7) is 0.838. The molecular formula is C35H28ClF5N8O3. The van der Waals surface area contributed by atoms with Crippen molar-refractivity contribution in [3.63, 3.8) is 0 Å². The number of hydrogen-bond donors (Lipinski definition) is 1. The van der Waals surface area contributed by atoms with Crippen LogP contribution < -0.4 is 10.2 Å². The number of ether oxygens (including phenoxy) is 1. The first-order chi connectivity index (χ1) is 24.8. The predicted octanol–water partition coefficient (Wildman–Crippen LogP) is 7.33. The normalized spacial score (nSPS) is 14.5. The summed E-state index contributed by atoms with van der Waals surface area (Å²) in [6, 6.07) is 6.29. The van der Waals surface area contributed by atoms with E-state index >= 15 is 8.78 Å². The van der Waals surface area contributed by atoms with E-state index in [-0.39, 0.29) is 58.2 Å². The third kappa shape index (κ3) is 5.56. The van der Waals surface area contributed by atoms with E-state index in [1.165, 1.54) is 36.2 Å². The molecule has 11 nitrogen and oxygen atoms in total. The summed E-state index contributed by atoms with van der Waals surface area (Å²) in [5.41, 5.74) is -0.0782. The van der Waals surface area contributed by atoms with Gasteiger partial charge in [-0.25, -0.2) is 23.5 Å². The van der Waals surface area contributed by atoms with Crippen molar-refractivity contribution in [2.45, 2.75) is 37.9 Å². The molecule has 52 heavy (non-hydrogen) atoms. The number of amides is 1. The number of hydrogen-bond acceptors (Lipinski definition) is 7. The Morgan fingerprint density at radius 2 is 1.87 bits per heavy atom. The first-order valence-corrected chi connectivity index (χ1v) is 16.6. The van der Waals surface area contributed by atoms with Crippen LogP contribution in [0.4, 0.5) is 38.1 Å². The molecule has 1 amide bonds. The number of nitrogens with zero attached hydrogens (tertiary/aromatic N) is 7. The molecule has 0 radical (unpaired) electrons. The Morgan fingerprint density at radius 3 is 2.56 bits per heavy atom. The van der Waals surface area contributed by atoms with E-state index in [9.17, 15) is 22.8 Å². The predicted molar refractivity (Wildman–Crippen MR) is 181 cm³/mol. The topological polar surface area (TPSA) is 112 Å². The Balaban J connectivity index is 1.22. The molecule has 1 aliphatic heterocycles. The average Bonchev–Trinajstić information content (AvgIpc) is 3.59. The van der Waals surface area contributed by atoms with Gasteiger partial charge in [0.2, 0.25) is 11.1 Å². The monoisotopic (exact) mass is 738 g/mol. The molecule has 1 saturated carbocycles. The first-order valence-electron chi connectivity index (χ1n) is 16.3. The van der Waals surface area contributed by atoms with E-state index in [0.717, 1.165) is 35.7 Å². The lowest BCUT2D eigenvalue weighted by Crippen LogP contribution is -2.24. The Labute approximate surface area is 296 Å². The van der Waals surface area contributed by atoms with E-state index < -0.39 is 40.9 Å². The number of carbonyl (C=O) groups is 2. The maximum atomic E-state index is 15.5. The first kappa shape index (κ1) is 33.8. The van der Waals surface area contributed by atoms with Gasteiger partial charge in [-0.05, 0) is 66.8 Å². The molecule has 2 aromatic carbocycles. The van der Waals surface area contributed by atoms with E-state index in [4.69, 9.17) is 16.3 Å². The molecule has 0 spiro atoms. The van der Waals surface area contributed by atoms with Crippen molar-refractivity contribution in [1.82, 2.24) is 28.7 Å². The van der Waals surface area contributed by atoms with Crippen LogP contribution in [0.1, 0.15) is 51.8 Å². The zero-order valence-electron chi connectivity index (χ0n) is 27.6. The highest BCUT2D eigenvalue weighted by Crippen LogP contribution is 2.48. The number of aromatic nitrogens is 6. The Hall–Kier alpha value is -5.35. The van der Waals surface area contributed by atoms with Crippen LogP contribution in [0.15, 0.2) is 48.9 Å². The molecule has 0 unspecified atom stereocenters. The fourth-order valence-corrected chi connectivity index (χ4v) is 7.07. The molecule has 5 heterocycles. The molecule has 1 N–H and O–H groups in total. The molecule has 4 aromatic heterocycles. The molecule has 6 aromatic rings. The molecular weight excluding hydrogens is 711 g/mol. The number of carbonyl (C=O) groups excluding carboxylic acids is 2. The molecule has 268 valence electrons. The summed E-state index contributed by atoms with van der Waals surface area (Å²) in [4.78, 5) is 37.2. The van der Waals surface area contributed by atoms with Crippen LogP contribution >= 0.6 is 11.6 Å². The number of benzene rings is 2. The van der Waals surface area contributed by atoms with E-state index in [0.29, 0.717) is 35.1 Å². The molecule has 0 bridgehead atoms. The molecule has 0 atom stereocenters. The van der Waals surface area contributed by atoms with Gasteiger partial charge in [0.1, 0.15) is 17.0 Å². The standard InChI is InChI=1S/C35H28ClF5N8O3/c1-46-9-7-18-14-25(31(50)19-12-22(37)27(23(38)13-19)43-34(51)49-32(17-5-6-17)44-33(36)45-49)48-8-3-4-20(29(18)48)26-21(35(39,40)41)15-24-28(30(26)46)42-16-47(24)10-11-52-2/h3-4,8,12-17H,5-7,9-11H2,1-2H3,(H,43,51). The third-order valence-electron chi connectivity index (χ3n) is 9.48. The number of halogens is 6. The van der Waals surface area contributed by atoms with Gasteiger partial charge in [0.15, 0.2) is 11.6 Å². The SMILES string of the molecule is COCCn1cnc2c3c(c(C(F)(F)F)cc21)-c1cccn2c(C(=O)c4cc(F)c(NC(=O)n5nc(Cl)nc5C5CC5)c(F)c4)cc(c12)CCN3C. The Bertz CT molecular complexity index is 2430. The zero-order valence-corrected chi connectivity index (χ0v) is 28.3. The summed E-state index contributed by atoms with van der Waals surface area (Å²) >= 11 is 5.87. The number of methoxy groups -OCH3 is 1. The van der Waals surface area contributed by atoms with Crippen LogP contribution in [-0.2, 0) is 23.9 Å². The third-order valence-corrected chi connectivity index (χ3v) is 9.64. The minimum absolute atomic E-state index is 0.0154. The quantitative estimate of drug-likeness (QED) is 0.135. The van der Waals surface area contributed by atoms with Crippen LogP contribution in [0.5, 0.6) is 0 Å². The lowest BCUT2D eigenvalue weighted by atomic mass is 9.92. The van der Waals surface area contributed by atoms with Crippen LogP contribution in [-0.4, -0.2) is 67.8 Å². The van der Waals surface area contributed by atoms with Gasteiger partial charge < -0.3 is 23.9 Å². The number of anilines is 2. The maximum absolute atomic E-state index is 15.5. The fraction of sp³-hybridized carbons (Fsp3) is 0.286. The summed E-state index contributed by atoms with van der Waals surface area (Å²) in [5, 5.41) is 5.78. The number of rotatable bonds is 7. The van der Waals surface area contributed by atoms with Gasteiger partial charge in [-0.3, -0.25) is 4.79 Å². The fourth-order valence-electron chi connectivity index (χ4n) is 6.91. The number of imidazole rings is 1. The highest BCUT2D eigenvalue weighted by Gasteiger charge is 2.39. The highest BCUT2D eigenvalue weighted by atomic mass is 35.5. The van der Waals surface area contributed by atoms with Gasteiger partial charge in [0, 0.05) is 56.1 Å². The molecule has 1 fully saturated rings. The maximum Gasteiger partial charge on any atom is 0.417 e. The summed E-state index contributed by atoms with van der Waals surface area (Å²) in [5.74, 6) is -3.02. The number of fused-ring (bicyclic) bond motifs is 4. The molecule has 17 heteroatoms. The van der Waals surface area contributed by atoms with Crippen molar-refractivity contribution in [3.05, 3.63) is 94.0 Å². The summed E-state index contributed by atoms with van der Waals surface area (Å²) in [6.07, 6.45) is 0.0934. The van der Waals surface area contributed by atoms with Gasteiger partial charge in [-0.2, -0.15) is 17.9 Å². The smallest absolute Gasteiger partial charge is 0.383 e. The van der Waals surface area contributed by atoms with Crippen molar-refractivity contribution in [3.8, 4) is 11.1 Å². The van der Waals surface area contributed by atoms with E-state index in [2.05, 4.69) is 20.4 Å². The minimum Gasteiger partial charge on any atom is -0.383 e. The Kier molecular flexibility index (Phi) is 8.06. The molecule has 0 saturated heterocycles. The number of ketones is 1. The number of pyridine rings is 1. The minimum atomic E-state index is -4.77. The van der Waals surface area contributed by atoms with Crippen LogP contribution in [0.25, 0.3) is 27.7 Å². The van der Waals surface area contributed by atoms with Gasteiger partial charge in [0.25, 0.3) is 0 Å². The van der Waals surface area contributed by atoms with Crippen molar-refractivity contribution in [2.24, 2.45) is 0 Å². The van der Waals surface area contributed by atoms with E-state index in [1.54, 1.807) is 22.6 Å². The second-order valence-electron chi connectivity index (χ2n) is 12.8. The molecule has 2 aliphatic rings. The van der Waals surface area contributed by atoms with Crippen LogP contribution in [0.3, 0.4) is 0 Å². The summed E-state index contributed by atoms with van der Waals surface area (Å²) in [7, 11) is 3.19. The molecule has 1 aliphatic carbocycles. The van der Waals surface area contributed by atoms with E-state index in [1.807, 2.05) is 0 Å². The van der Waals surface area contributed by atoms with Gasteiger partial charge in [0.05, 0.1) is 40.9 Å². The second kappa shape index (κ2) is 12.4. The average molecular weight is 739 g/mol. The van der Waals surface area contributed by atoms with Crippen molar-refractivity contribution in [2.75, 3.05) is 37.5 Å². The largest absolute Gasteiger partial charge is 0.417 e. The van der Waals surface area contributed by atoms with Crippen LogP contribution in [0.2, 0.25) is 5.28 Å². The lowest BCUT2D eigenvalue weighted by Gasteiger charge is -2.28. The number of alkyl halides is 3.